The second-order valence-corrected chi connectivity index (χ2v) is 8.88. The molecule has 1 aliphatic rings. The molecule has 0 atom stereocenters. The maximum absolute atomic E-state index is 12.4. The van der Waals surface area contributed by atoms with Crippen LogP contribution in [0.3, 0.4) is 0 Å². The normalized spacial score (nSPS) is 15.4. The highest BCUT2D eigenvalue weighted by Gasteiger charge is 2.19. The van der Waals surface area contributed by atoms with Gasteiger partial charge in [0.05, 0.1) is 16.8 Å². The lowest BCUT2D eigenvalue weighted by Crippen LogP contribution is -2.33. The first-order chi connectivity index (χ1) is 13.6. The van der Waals surface area contributed by atoms with Crippen LogP contribution in [0.1, 0.15) is 12.0 Å². The maximum Gasteiger partial charge on any atom is 0.179 e. The summed E-state index contributed by atoms with van der Waals surface area (Å²) in [5, 5.41) is 4.40. The van der Waals surface area contributed by atoms with E-state index in [0.717, 1.165) is 30.9 Å². The smallest absolute Gasteiger partial charge is 0.179 e. The first kappa shape index (κ1) is 18.6. The van der Waals surface area contributed by atoms with Gasteiger partial charge in [-0.2, -0.15) is 5.10 Å². The van der Waals surface area contributed by atoms with Gasteiger partial charge in [-0.1, -0.05) is 30.3 Å². The molecule has 3 aromatic rings. The quantitative estimate of drug-likeness (QED) is 0.643. The third kappa shape index (κ3) is 4.21. The highest BCUT2D eigenvalue weighted by Crippen LogP contribution is 2.23. The molecule has 0 bridgehead atoms. The van der Waals surface area contributed by atoms with E-state index >= 15 is 0 Å². The Hall–Kier alpha value is -2.77. The van der Waals surface area contributed by atoms with E-state index in [9.17, 15) is 8.42 Å². The van der Waals surface area contributed by atoms with Crippen LogP contribution in [-0.2, 0) is 9.84 Å². The minimum atomic E-state index is -3.24. The molecule has 0 unspecified atom stereocenters. The molecule has 0 spiro atoms. The van der Waals surface area contributed by atoms with E-state index in [0.29, 0.717) is 11.4 Å². The molecule has 28 heavy (non-hydrogen) atoms. The van der Waals surface area contributed by atoms with Gasteiger partial charge < -0.3 is 0 Å². The average molecular weight is 395 g/mol. The first-order valence-corrected chi connectivity index (χ1v) is 10.9. The fourth-order valence-electron chi connectivity index (χ4n) is 3.27. The van der Waals surface area contributed by atoms with Crippen LogP contribution in [0.15, 0.2) is 78.1 Å². The molecule has 3 heterocycles. The first-order valence-electron chi connectivity index (χ1n) is 9.27. The second-order valence-electron chi connectivity index (χ2n) is 6.77. The summed E-state index contributed by atoms with van der Waals surface area (Å²) in [6.45, 7) is 2.12. The van der Waals surface area contributed by atoms with Gasteiger partial charge in [0.25, 0.3) is 0 Å². The van der Waals surface area contributed by atoms with Crippen molar-refractivity contribution >= 4 is 15.4 Å². The van der Waals surface area contributed by atoms with Gasteiger partial charge in [0, 0.05) is 37.6 Å². The van der Waals surface area contributed by atoms with Crippen molar-refractivity contribution < 1.29 is 8.42 Å². The Balaban J connectivity index is 1.37. The van der Waals surface area contributed by atoms with Crippen LogP contribution in [-0.4, -0.2) is 53.5 Å². The molecule has 0 aliphatic carbocycles. The van der Waals surface area contributed by atoms with Crippen molar-refractivity contribution in [1.29, 1.82) is 0 Å². The molecule has 0 saturated carbocycles. The van der Waals surface area contributed by atoms with Gasteiger partial charge in [0.15, 0.2) is 15.7 Å². The number of hydrogen-bond acceptors (Lipinski definition) is 5. The lowest BCUT2D eigenvalue weighted by atomic mass is 10.0. The zero-order valence-corrected chi connectivity index (χ0v) is 16.3. The summed E-state index contributed by atoms with van der Waals surface area (Å²) in [4.78, 5) is 6.88. The lowest BCUT2D eigenvalue weighted by Gasteiger charge is -2.25. The van der Waals surface area contributed by atoms with E-state index in [4.69, 9.17) is 0 Å². The van der Waals surface area contributed by atoms with E-state index in [1.807, 2.05) is 36.7 Å². The number of pyridine rings is 1. The summed E-state index contributed by atoms with van der Waals surface area (Å²) in [7, 11) is -3.24. The molecule has 6 nitrogen and oxygen atoms in total. The van der Waals surface area contributed by atoms with Crippen molar-refractivity contribution in [2.45, 2.75) is 11.3 Å². The van der Waals surface area contributed by atoms with Crippen LogP contribution in [0.25, 0.3) is 11.4 Å². The Morgan fingerprint density at radius 2 is 1.86 bits per heavy atom. The van der Waals surface area contributed by atoms with Gasteiger partial charge in [-0.3, -0.25) is 4.90 Å². The van der Waals surface area contributed by atoms with Crippen LogP contribution < -0.4 is 0 Å². The Kier molecular flexibility index (Phi) is 5.36. The maximum atomic E-state index is 12.4. The largest absolute Gasteiger partial charge is 0.298 e. The van der Waals surface area contributed by atoms with E-state index in [2.05, 4.69) is 21.1 Å². The van der Waals surface area contributed by atoms with Crippen molar-refractivity contribution in [1.82, 2.24) is 19.7 Å². The molecule has 1 aliphatic heterocycles. The van der Waals surface area contributed by atoms with Gasteiger partial charge >= 0.3 is 0 Å². The highest BCUT2D eigenvalue weighted by molar-refractivity contribution is 7.91. The molecular weight excluding hydrogens is 372 g/mol. The predicted octanol–water partition coefficient (Wildman–Crippen LogP) is 2.83. The van der Waals surface area contributed by atoms with Crippen molar-refractivity contribution in [3.8, 4) is 5.82 Å². The lowest BCUT2D eigenvalue weighted by molar-refractivity contribution is 0.319. The SMILES string of the molecule is O=S(=O)(CCN1CC=C(c2cnn(-c3ccccn3)c2)CC1)c1ccccc1. The number of benzene rings is 1. The summed E-state index contributed by atoms with van der Waals surface area (Å²) in [6, 6.07) is 14.4. The van der Waals surface area contributed by atoms with Crippen molar-refractivity contribution in [3.05, 3.63) is 78.8 Å². The van der Waals surface area contributed by atoms with Crippen LogP contribution in [0.2, 0.25) is 0 Å². The van der Waals surface area contributed by atoms with Crippen molar-refractivity contribution in [2.24, 2.45) is 0 Å². The Morgan fingerprint density at radius 1 is 1.04 bits per heavy atom. The third-order valence-electron chi connectivity index (χ3n) is 4.91. The summed E-state index contributed by atoms with van der Waals surface area (Å²) in [6.07, 6.45) is 8.63. The second kappa shape index (κ2) is 8.08. The fraction of sp³-hybridized carbons (Fsp3) is 0.238. The number of sulfone groups is 1. The molecule has 2 aromatic heterocycles. The summed E-state index contributed by atoms with van der Waals surface area (Å²) >= 11 is 0. The topological polar surface area (TPSA) is 68.1 Å². The Bertz CT molecular complexity index is 1060. The molecule has 0 amide bonds. The molecule has 7 heteroatoms. The van der Waals surface area contributed by atoms with Gasteiger partial charge in [-0.15, -0.1) is 0 Å². The standard InChI is InChI=1S/C21H22N4O2S/c26-28(27,20-6-2-1-3-7-20)15-14-24-12-9-18(10-13-24)19-16-23-25(17-19)21-8-4-5-11-22-21/h1-9,11,16-17H,10,12-15H2. The molecule has 0 fully saturated rings. The van der Waals surface area contributed by atoms with Crippen molar-refractivity contribution in [3.63, 3.8) is 0 Å². The monoisotopic (exact) mass is 394 g/mol. The van der Waals surface area contributed by atoms with Crippen LogP contribution in [0.4, 0.5) is 0 Å². The summed E-state index contributed by atoms with van der Waals surface area (Å²) in [5.74, 6) is 0.926. The van der Waals surface area contributed by atoms with E-state index < -0.39 is 9.84 Å². The van der Waals surface area contributed by atoms with Gasteiger partial charge in [-0.05, 0) is 36.3 Å². The van der Waals surface area contributed by atoms with Gasteiger partial charge in [-0.25, -0.2) is 18.1 Å². The molecule has 144 valence electrons. The van der Waals surface area contributed by atoms with Gasteiger partial charge in [0.1, 0.15) is 0 Å². The molecule has 0 saturated heterocycles. The molecule has 1 aromatic carbocycles. The van der Waals surface area contributed by atoms with E-state index in [1.165, 1.54) is 5.57 Å². The number of hydrogen-bond donors (Lipinski definition) is 0. The van der Waals surface area contributed by atoms with Crippen molar-refractivity contribution in [2.75, 3.05) is 25.4 Å². The minimum Gasteiger partial charge on any atom is -0.298 e. The Labute approximate surface area is 165 Å². The van der Waals surface area contributed by atoms with E-state index in [1.54, 1.807) is 35.1 Å². The Morgan fingerprint density at radius 3 is 2.57 bits per heavy atom. The molecule has 4 rings (SSSR count). The zero-order valence-electron chi connectivity index (χ0n) is 15.5. The third-order valence-corrected chi connectivity index (χ3v) is 6.62. The van der Waals surface area contributed by atoms with Crippen LogP contribution >= 0.6 is 0 Å². The molecule has 0 radical (unpaired) electrons. The van der Waals surface area contributed by atoms with E-state index in [-0.39, 0.29) is 5.75 Å². The summed E-state index contributed by atoms with van der Waals surface area (Å²) in [5.41, 5.74) is 2.33. The number of nitrogens with zero attached hydrogens (tertiary/aromatic N) is 4. The van der Waals surface area contributed by atoms with Gasteiger partial charge in [0.2, 0.25) is 0 Å². The average Bonchev–Trinajstić information content (AvgIpc) is 3.24. The fourth-order valence-corrected chi connectivity index (χ4v) is 4.58. The number of aromatic nitrogens is 3. The minimum absolute atomic E-state index is 0.137. The molecular formula is C21H22N4O2S. The van der Waals surface area contributed by atoms with Crippen LogP contribution in [0.5, 0.6) is 0 Å². The zero-order chi connectivity index (χ0) is 19.4. The molecule has 0 N–H and O–H groups in total. The van der Waals surface area contributed by atoms with Crippen LogP contribution in [0, 0.1) is 0 Å². The predicted molar refractivity (Wildman–Crippen MR) is 109 cm³/mol. The highest BCUT2D eigenvalue weighted by atomic mass is 32.2. The summed E-state index contributed by atoms with van der Waals surface area (Å²) < 4.78 is 26.7. The number of rotatable bonds is 6.